The molecular weight excluding hydrogens is 346 g/mol. The second-order valence-electron chi connectivity index (χ2n) is 5.85. The van der Waals surface area contributed by atoms with Crippen molar-refractivity contribution in [1.29, 1.82) is 0 Å². The van der Waals surface area contributed by atoms with E-state index in [-0.39, 0.29) is 29.2 Å². The van der Waals surface area contributed by atoms with Gasteiger partial charge in [0.2, 0.25) is 11.8 Å². The molecule has 0 saturated carbocycles. The van der Waals surface area contributed by atoms with Crippen molar-refractivity contribution in [2.45, 2.75) is 26.4 Å². The van der Waals surface area contributed by atoms with Gasteiger partial charge < -0.3 is 20.1 Å². The number of primary amides is 1. The lowest BCUT2D eigenvalue weighted by atomic mass is 9.96. The van der Waals surface area contributed by atoms with E-state index in [1.807, 2.05) is 0 Å². The highest BCUT2D eigenvalue weighted by molar-refractivity contribution is 5.92. The maximum absolute atomic E-state index is 12.4. The molecule has 0 aromatic heterocycles. The molecule has 8 heteroatoms. The third kappa shape index (κ3) is 5.44. The molecule has 1 aliphatic heterocycles. The number of alkyl halides is 2. The molecule has 1 heterocycles. The van der Waals surface area contributed by atoms with Gasteiger partial charge in [0.15, 0.2) is 11.5 Å². The third-order valence-electron chi connectivity index (χ3n) is 4.11. The molecule has 0 atom stereocenters. The largest absolute Gasteiger partial charge is 0.490 e. The van der Waals surface area contributed by atoms with Gasteiger partial charge in [-0.2, -0.15) is 8.78 Å². The van der Waals surface area contributed by atoms with Crippen LogP contribution in [-0.4, -0.2) is 43.0 Å². The highest BCUT2D eigenvalue weighted by Gasteiger charge is 2.24. The van der Waals surface area contributed by atoms with E-state index in [1.54, 1.807) is 24.0 Å². The number of carbonyl (C=O) groups is 2. The molecule has 1 fully saturated rings. The van der Waals surface area contributed by atoms with E-state index in [9.17, 15) is 18.4 Å². The SMILES string of the molecule is CCOc1cc(/C=C/C(=O)N2CCC(C(N)=O)CC2)ccc1OC(F)F. The molecule has 0 unspecified atom stereocenters. The van der Waals surface area contributed by atoms with Gasteiger partial charge in [-0.05, 0) is 43.5 Å². The first-order valence-electron chi connectivity index (χ1n) is 8.38. The van der Waals surface area contributed by atoms with Crippen molar-refractivity contribution < 1.29 is 27.8 Å². The predicted octanol–water partition coefficient (Wildman–Crippen LogP) is 2.42. The summed E-state index contributed by atoms with van der Waals surface area (Å²) in [6.45, 7) is 0.0269. The molecule has 2 rings (SSSR count). The van der Waals surface area contributed by atoms with Crippen LogP contribution in [0.4, 0.5) is 8.78 Å². The van der Waals surface area contributed by atoms with Crippen molar-refractivity contribution in [2.75, 3.05) is 19.7 Å². The van der Waals surface area contributed by atoms with Crippen molar-refractivity contribution >= 4 is 17.9 Å². The number of piperidine rings is 1. The van der Waals surface area contributed by atoms with E-state index in [1.165, 1.54) is 18.2 Å². The molecule has 1 aliphatic rings. The molecule has 1 aromatic rings. The summed E-state index contributed by atoms with van der Waals surface area (Å²) in [5.74, 6) is -0.566. The Bertz CT molecular complexity index is 671. The van der Waals surface area contributed by atoms with Gasteiger partial charge in [-0.25, -0.2) is 0 Å². The Morgan fingerprint density at radius 3 is 2.58 bits per heavy atom. The lowest BCUT2D eigenvalue weighted by Crippen LogP contribution is -2.41. The molecule has 0 radical (unpaired) electrons. The van der Waals surface area contributed by atoms with E-state index in [0.29, 0.717) is 38.1 Å². The Morgan fingerprint density at radius 2 is 2.00 bits per heavy atom. The monoisotopic (exact) mass is 368 g/mol. The molecule has 0 spiro atoms. The highest BCUT2D eigenvalue weighted by Crippen LogP contribution is 2.30. The van der Waals surface area contributed by atoms with Gasteiger partial charge in [0.05, 0.1) is 6.61 Å². The molecule has 2 N–H and O–H groups in total. The van der Waals surface area contributed by atoms with Crippen molar-refractivity contribution in [3.05, 3.63) is 29.8 Å². The summed E-state index contributed by atoms with van der Waals surface area (Å²) in [7, 11) is 0. The summed E-state index contributed by atoms with van der Waals surface area (Å²) >= 11 is 0. The quantitative estimate of drug-likeness (QED) is 0.750. The van der Waals surface area contributed by atoms with E-state index < -0.39 is 6.61 Å². The van der Waals surface area contributed by atoms with E-state index in [4.69, 9.17) is 10.5 Å². The van der Waals surface area contributed by atoms with E-state index in [2.05, 4.69) is 4.74 Å². The van der Waals surface area contributed by atoms with Gasteiger partial charge >= 0.3 is 6.61 Å². The molecule has 0 bridgehead atoms. The van der Waals surface area contributed by atoms with Gasteiger partial charge in [-0.3, -0.25) is 9.59 Å². The second kappa shape index (κ2) is 9.17. The average Bonchev–Trinajstić information content (AvgIpc) is 2.61. The number of rotatable bonds is 7. The van der Waals surface area contributed by atoms with Gasteiger partial charge in [0.1, 0.15) is 0 Å². The van der Waals surface area contributed by atoms with Crippen LogP contribution >= 0.6 is 0 Å². The first kappa shape index (κ1) is 19.7. The number of halogens is 2. The minimum absolute atomic E-state index is 0.0566. The number of likely N-dealkylation sites (tertiary alicyclic amines) is 1. The smallest absolute Gasteiger partial charge is 0.387 e. The Balaban J connectivity index is 2.01. The fourth-order valence-electron chi connectivity index (χ4n) is 2.75. The summed E-state index contributed by atoms with van der Waals surface area (Å²) in [6, 6.07) is 4.47. The summed E-state index contributed by atoms with van der Waals surface area (Å²) < 4.78 is 34.5. The molecule has 142 valence electrons. The highest BCUT2D eigenvalue weighted by atomic mass is 19.3. The first-order valence-corrected chi connectivity index (χ1v) is 8.38. The summed E-state index contributed by atoms with van der Waals surface area (Å²) in [4.78, 5) is 25.0. The van der Waals surface area contributed by atoms with Crippen molar-refractivity contribution in [3.63, 3.8) is 0 Å². The fraction of sp³-hybridized carbons (Fsp3) is 0.444. The van der Waals surface area contributed by atoms with Crippen LogP contribution in [-0.2, 0) is 9.59 Å². The summed E-state index contributed by atoms with van der Waals surface area (Å²) in [5.41, 5.74) is 5.90. The maximum atomic E-state index is 12.4. The lowest BCUT2D eigenvalue weighted by Gasteiger charge is -2.29. The van der Waals surface area contributed by atoms with Crippen molar-refractivity contribution in [1.82, 2.24) is 4.90 Å². The van der Waals surface area contributed by atoms with Crippen LogP contribution in [0.2, 0.25) is 0 Å². The minimum Gasteiger partial charge on any atom is -0.490 e. The standard InChI is InChI=1S/C18H22F2N2O4/c1-2-25-15-11-12(3-5-14(15)26-18(19)20)4-6-16(23)22-9-7-13(8-10-22)17(21)24/h3-6,11,13,18H,2,7-10H2,1H3,(H2,21,24)/b6-4+. The molecule has 1 aromatic carbocycles. The Hall–Kier alpha value is -2.64. The molecule has 26 heavy (non-hydrogen) atoms. The van der Waals surface area contributed by atoms with Crippen LogP contribution < -0.4 is 15.2 Å². The number of hydrogen-bond acceptors (Lipinski definition) is 4. The van der Waals surface area contributed by atoms with Gasteiger partial charge in [0, 0.05) is 25.1 Å². The first-order chi connectivity index (χ1) is 12.4. The molecular formula is C18H22F2N2O4. The molecule has 6 nitrogen and oxygen atoms in total. The Labute approximate surface area is 150 Å². The van der Waals surface area contributed by atoms with Gasteiger partial charge in [-0.1, -0.05) is 6.07 Å². The number of hydrogen-bond donors (Lipinski definition) is 1. The fourth-order valence-corrected chi connectivity index (χ4v) is 2.75. The normalized spacial score (nSPS) is 15.5. The zero-order chi connectivity index (χ0) is 19.1. The summed E-state index contributed by atoms with van der Waals surface area (Å²) in [6.07, 6.45) is 4.10. The van der Waals surface area contributed by atoms with Crippen LogP contribution in [0.1, 0.15) is 25.3 Å². The number of nitrogens with zero attached hydrogens (tertiary/aromatic N) is 1. The molecule has 2 amide bonds. The number of amides is 2. The number of benzene rings is 1. The molecule has 0 aliphatic carbocycles. The zero-order valence-corrected chi connectivity index (χ0v) is 14.5. The maximum Gasteiger partial charge on any atom is 0.387 e. The lowest BCUT2D eigenvalue weighted by molar-refractivity contribution is -0.130. The Morgan fingerprint density at radius 1 is 1.31 bits per heavy atom. The summed E-state index contributed by atoms with van der Waals surface area (Å²) in [5, 5.41) is 0. The van der Waals surface area contributed by atoms with Crippen LogP contribution in [0.5, 0.6) is 11.5 Å². The van der Waals surface area contributed by atoms with Crippen LogP contribution in [0.3, 0.4) is 0 Å². The molecule has 1 saturated heterocycles. The Kier molecular flexibility index (Phi) is 6.94. The zero-order valence-electron chi connectivity index (χ0n) is 14.5. The average molecular weight is 368 g/mol. The van der Waals surface area contributed by atoms with E-state index in [0.717, 1.165) is 0 Å². The minimum atomic E-state index is -2.94. The third-order valence-corrected chi connectivity index (χ3v) is 4.11. The van der Waals surface area contributed by atoms with Crippen molar-refractivity contribution in [2.24, 2.45) is 11.7 Å². The number of carbonyl (C=O) groups excluding carboxylic acids is 2. The van der Waals surface area contributed by atoms with Crippen LogP contribution in [0.25, 0.3) is 6.08 Å². The number of ether oxygens (including phenoxy) is 2. The number of nitrogens with two attached hydrogens (primary N) is 1. The van der Waals surface area contributed by atoms with Crippen LogP contribution in [0.15, 0.2) is 24.3 Å². The van der Waals surface area contributed by atoms with E-state index >= 15 is 0 Å². The van der Waals surface area contributed by atoms with Gasteiger partial charge in [-0.15, -0.1) is 0 Å². The second-order valence-corrected chi connectivity index (χ2v) is 5.85. The van der Waals surface area contributed by atoms with Crippen LogP contribution in [0, 0.1) is 5.92 Å². The van der Waals surface area contributed by atoms with Gasteiger partial charge in [0.25, 0.3) is 0 Å². The predicted molar refractivity (Wildman–Crippen MR) is 91.8 cm³/mol. The van der Waals surface area contributed by atoms with Crippen molar-refractivity contribution in [3.8, 4) is 11.5 Å². The topological polar surface area (TPSA) is 81.9 Å².